The van der Waals surface area contributed by atoms with Gasteiger partial charge < -0.3 is 5.32 Å². The largest absolute Gasteiger partial charge is 0.310 e. The maximum absolute atomic E-state index is 3.70. The summed E-state index contributed by atoms with van der Waals surface area (Å²) in [5.74, 6) is 0. The van der Waals surface area contributed by atoms with Gasteiger partial charge in [0.1, 0.15) is 0 Å². The Hall–Kier alpha value is -0.0800. The highest BCUT2D eigenvalue weighted by molar-refractivity contribution is 4.85. The highest BCUT2D eigenvalue weighted by Gasteiger charge is 2.30. The van der Waals surface area contributed by atoms with Crippen LogP contribution in [0.2, 0.25) is 0 Å². The van der Waals surface area contributed by atoms with E-state index in [-0.39, 0.29) is 5.54 Å². The van der Waals surface area contributed by atoms with Gasteiger partial charge in [0.2, 0.25) is 0 Å². The molecule has 1 N–H and O–H groups in total. The van der Waals surface area contributed by atoms with Crippen molar-refractivity contribution >= 4 is 0 Å². The number of nitrogens with zero attached hydrogens (tertiary/aromatic N) is 1. The molecule has 0 radical (unpaired) electrons. The second-order valence-corrected chi connectivity index (χ2v) is 7.17. The number of piperidine rings is 1. The third kappa shape index (κ3) is 4.55. The van der Waals surface area contributed by atoms with Crippen LogP contribution in [-0.2, 0) is 0 Å². The number of rotatable bonds is 6. The molecule has 1 fully saturated rings. The van der Waals surface area contributed by atoms with Gasteiger partial charge in [0.15, 0.2) is 0 Å². The molecule has 1 aliphatic rings. The van der Waals surface area contributed by atoms with E-state index in [1.165, 1.54) is 38.8 Å². The Balaban J connectivity index is 2.34. The molecule has 1 saturated heterocycles. The van der Waals surface area contributed by atoms with Gasteiger partial charge in [0.25, 0.3) is 0 Å². The Morgan fingerprint density at radius 1 is 1.22 bits per heavy atom. The summed E-state index contributed by atoms with van der Waals surface area (Å²) in [6.07, 6.45) is 5.25. The van der Waals surface area contributed by atoms with E-state index >= 15 is 0 Å². The van der Waals surface area contributed by atoms with E-state index in [4.69, 9.17) is 0 Å². The predicted molar refractivity (Wildman–Crippen MR) is 81.0 cm³/mol. The van der Waals surface area contributed by atoms with Gasteiger partial charge >= 0.3 is 0 Å². The van der Waals surface area contributed by atoms with Crippen molar-refractivity contribution < 1.29 is 0 Å². The molecule has 1 aliphatic heterocycles. The van der Waals surface area contributed by atoms with Crippen LogP contribution in [0.1, 0.15) is 67.2 Å². The van der Waals surface area contributed by atoms with Gasteiger partial charge in [-0.15, -0.1) is 0 Å². The zero-order chi connectivity index (χ0) is 13.8. The first kappa shape index (κ1) is 16.0. The smallest absolute Gasteiger partial charge is 0.0192 e. The van der Waals surface area contributed by atoms with Gasteiger partial charge in [-0.05, 0) is 58.5 Å². The van der Waals surface area contributed by atoms with Crippen molar-refractivity contribution in [1.82, 2.24) is 10.2 Å². The van der Waals surface area contributed by atoms with Crippen molar-refractivity contribution in [3.05, 3.63) is 0 Å². The molecular formula is C16H34N2. The zero-order valence-electron chi connectivity index (χ0n) is 13.5. The minimum absolute atomic E-state index is 0.280. The molecule has 0 aromatic heterocycles. The summed E-state index contributed by atoms with van der Waals surface area (Å²) >= 11 is 0. The molecule has 0 aromatic carbocycles. The maximum atomic E-state index is 3.70. The van der Waals surface area contributed by atoms with Crippen molar-refractivity contribution in [3.8, 4) is 0 Å². The van der Waals surface area contributed by atoms with E-state index in [2.05, 4.69) is 51.8 Å². The third-order valence-electron chi connectivity index (χ3n) is 5.24. The average Bonchev–Trinajstić information content (AvgIpc) is 2.37. The Morgan fingerprint density at radius 3 is 2.22 bits per heavy atom. The first-order valence-corrected chi connectivity index (χ1v) is 7.81. The van der Waals surface area contributed by atoms with Crippen molar-refractivity contribution in [3.63, 3.8) is 0 Å². The predicted octanol–water partition coefficient (Wildman–Crippen LogP) is 3.67. The molecule has 0 aromatic rings. The van der Waals surface area contributed by atoms with Crippen LogP contribution in [0.25, 0.3) is 0 Å². The molecule has 2 nitrogen and oxygen atoms in total. The fourth-order valence-corrected chi connectivity index (χ4v) is 2.54. The lowest BCUT2D eigenvalue weighted by Crippen LogP contribution is -2.50. The lowest BCUT2D eigenvalue weighted by Gasteiger charge is -2.42. The van der Waals surface area contributed by atoms with Crippen molar-refractivity contribution in [2.24, 2.45) is 5.41 Å². The number of likely N-dealkylation sites (tertiary alicyclic amines) is 1. The highest BCUT2D eigenvalue weighted by Crippen LogP contribution is 2.34. The third-order valence-corrected chi connectivity index (χ3v) is 5.24. The summed E-state index contributed by atoms with van der Waals surface area (Å²) in [4.78, 5) is 2.66. The minimum atomic E-state index is 0.280. The SMILES string of the molecule is CCC1(C)CCN(C(C)CNC(C)(C)CC)CC1. The normalized spacial score (nSPS) is 23.0. The molecular weight excluding hydrogens is 220 g/mol. The Labute approximate surface area is 115 Å². The summed E-state index contributed by atoms with van der Waals surface area (Å²) in [6.45, 7) is 17.7. The molecule has 0 spiro atoms. The van der Waals surface area contributed by atoms with E-state index in [0.717, 1.165) is 6.54 Å². The Kier molecular flexibility index (Phi) is 5.67. The monoisotopic (exact) mass is 254 g/mol. The van der Waals surface area contributed by atoms with E-state index in [9.17, 15) is 0 Å². The lowest BCUT2D eigenvalue weighted by atomic mass is 9.78. The number of hydrogen-bond donors (Lipinski definition) is 1. The molecule has 108 valence electrons. The van der Waals surface area contributed by atoms with E-state index < -0.39 is 0 Å². The van der Waals surface area contributed by atoms with Gasteiger partial charge in [-0.25, -0.2) is 0 Å². The first-order chi connectivity index (χ1) is 8.32. The van der Waals surface area contributed by atoms with Crippen molar-refractivity contribution in [2.75, 3.05) is 19.6 Å². The zero-order valence-corrected chi connectivity index (χ0v) is 13.5. The van der Waals surface area contributed by atoms with Crippen LogP contribution in [0.5, 0.6) is 0 Å². The fourth-order valence-electron chi connectivity index (χ4n) is 2.54. The lowest BCUT2D eigenvalue weighted by molar-refractivity contribution is 0.0831. The van der Waals surface area contributed by atoms with E-state index in [1.807, 2.05) is 0 Å². The van der Waals surface area contributed by atoms with Crippen molar-refractivity contribution in [2.45, 2.75) is 78.8 Å². The van der Waals surface area contributed by atoms with Gasteiger partial charge in [-0.1, -0.05) is 27.2 Å². The molecule has 18 heavy (non-hydrogen) atoms. The topological polar surface area (TPSA) is 15.3 Å². The van der Waals surface area contributed by atoms with E-state index in [0.29, 0.717) is 11.5 Å². The van der Waals surface area contributed by atoms with Crippen LogP contribution < -0.4 is 5.32 Å². The standard InChI is InChI=1S/C16H34N2/c1-7-15(4,5)17-13-14(3)18-11-9-16(6,8-2)10-12-18/h14,17H,7-13H2,1-6H3. The average molecular weight is 254 g/mol. The molecule has 1 heterocycles. The summed E-state index contributed by atoms with van der Waals surface area (Å²) < 4.78 is 0. The fraction of sp³-hybridized carbons (Fsp3) is 1.00. The summed E-state index contributed by atoms with van der Waals surface area (Å²) in [5, 5.41) is 3.70. The summed E-state index contributed by atoms with van der Waals surface area (Å²) in [5.41, 5.74) is 0.883. The van der Waals surface area contributed by atoms with Crippen LogP contribution in [0, 0.1) is 5.41 Å². The van der Waals surface area contributed by atoms with E-state index in [1.54, 1.807) is 0 Å². The van der Waals surface area contributed by atoms with Crippen LogP contribution in [-0.4, -0.2) is 36.1 Å². The second-order valence-electron chi connectivity index (χ2n) is 7.17. The number of hydrogen-bond acceptors (Lipinski definition) is 2. The van der Waals surface area contributed by atoms with Gasteiger partial charge in [-0.2, -0.15) is 0 Å². The second kappa shape index (κ2) is 6.38. The molecule has 0 saturated carbocycles. The van der Waals surface area contributed by atoms with Crippen molar-refractivity contribution in [1.29, 1.82) is 0 Å². The number of nitrogens with one attached hydrogen (secondary N) is 1. The molecule has 1 unspecified atom stereocenters. The first-order valence-electron chi connectivity index (χ1n) is 7.81. The van der Waals surface area contributed by atoms with Gasteiger partial charge in [-0.3, -0.25) is 4.90 Å². The van der Waals surface area contributed by atoms with Gasteiger partial charge in [0.05, 0.1) is 0 Å². The Morgan fingerprint density at radius 2 is 1.78 bits per heavy atom. The molecule has 0 amide bonds. The summed E-state index contributed by atoms with van der Waals surface area (Å²) in [7, 11) is 0. The highest BCUT2D eigenvalue weighted by atomic mass is 15.2. The van der Waals surface area contributed by atoms with Crippen LogP contribution in [0.15, 0.2) is 0 Å². The molecule has 0 bridgehead atoms. The summed E-state index contributed by atoms with van der Waals surface area (Å²) in [6, 6.07) is 0.664. The van der Waals surface area contributed by atoms with Crippen LogP contribution >= 0.6 is 0 Å². The molecule has 2 heteroatoms. The maximum Gasteiger partial charge on any atom is 0.0192 e. The van der Waals surface area contributed by atoms with Gasteiger partial charge in [0, 0.05) is 18.1 Å². The molecule has 1 rings (SSSR count). The van der Waals surface area contributed by atoms with Crippen LogP contribution in [0.3, 0.4) is 0 Å². The van der Waals surface area contributed by atoms with Crippen LogP contribution in [0.4, 0.5) is 0 Å². The molecule has 0 aliphatic carbocycles. The quantitative estimate of drug-likeness (QED) is 0.778. The minimum Gasteiger partial charge on any atom is -0.310 e. The Bertz CT molecular complexity index is 239. The molecule has 1 atom stereocenters.